The average molecular weight is 564 g/mol. The monoisotopic (exact) mass is 563 g/mol. The molecule has 1 aromatic carbocycles. The molecule has 0 unspecified atom stereocenters. The van der Waals surface area contributed by atoms with Crippen molar-refractivity contribution in [3.05, 3.63) is 50.4 Å². The van der Waals surface area contributed by atoms with E-state index >= 15 is 0 Å². The van der Waals surface area contributed by atoms with Gasteiger partial charge in [-0.3, -0.25) is 9.89 Å². The zero-order chi connectivity index (χ0) is 18.4. The first-order valence-electron chi connectivity index (χ1n) is 8.97. The highest BCUT2D eigenvalue weighted by molar-refractivity contribution is 14.0. The Labute approximate surface area is 191 Å². The van der Waals surface area contributed by atoms with Crippen LogP contribution >= 0.6 is 51.2 Å². The fraction of sp³-hybridized carbons (Fsp3) is 0.474. The second-order valence-electron chi connectivity index (χ2n) is 6.61. The number of likely N-dealkylation sites (tertiary alicyclic amines) is 1. The molecule has 0 bridgehead atoms. The molecular weight excluding hydrogens is 537 g/mol. The molecule has 1 saturated heterocycles. The summed E-state index contributed by atoms with van der Waals surface area (Å²) >= 11 is 5.22. The van der Waals surface area contributed by atoms with E-state index in [9.17, 15) is 0 Å². The number of rotatable bonds is 5. The molecule has 2 N–H and O–H groups in total. The molecule has 0 amide bonds. The molecule has 0 aliphatic carbocycles. The molecule has 1 fully saturated rings. The van der Waals surface area contributed by atoms with Gasteiger partial charge in [-0.1, -0.05) is 28.1 Å². The fourth-order valence-corrected chi connectivity index (χ4v) is 4.11. The van der Waals surface area contributed by atoms with E-state index in [1.54, 1.807) is 11.3 Å². The molecule has 0 saturated carbocycles. The van der Waals surface area contributed by atoms with Crippen molar-refractivity contribution in [2.45, 2.75) is 38.9 Å². The van der Waals surface area contributed by atoms with Crippen LogP contribution < -0.4 is 10.6 Å². The first-order valence-corrected chi connectivity index (χ1v) is 10.6. The predicted molar refractivity (Wildman–Crippen MR) is 128 cm³/mol. The lowest BCUT2D eigenvalue weighted by Crippen LogP contribution is -2.48. The third-order valence-corrected chi connectivity index (χ3v) is 5.99. The second-order valence-corrected chi connectivity index (χ2v) is 8.85. The average Bonchev–Trinajstić information content (AvgIpc) is 3.07. The molecular formula is C19H27BrIN5S. The number of aromatic nitrogens is 1. The summed E-state index contributed by atoms with van der Waals surface area (Å²) in [4.78, 5) is 12.5. The van der Waals surface area contributed by atoms with E-state index in [-0.39, 0.29) is 24.0 Å². The standard InChI is InChI=1S/C19H26BrN5S.HI/c1-14-11-22-18(26-14)12-23-19(21-2)24-17-7-9-25(10-8-17)13-15-3-5-16(20)6-4-15;/h3-6,11,17H,7-10,12-13H2,1-2H3,(H2,21,23,24);1H. The molecule has 3 rings (SSSR count). The Bertz CT molecular complexity index is 726. The molecule has 0 radical (unpaired) electrons. The van der Waals surface area contributed by atoms with Gasteiger partial charge >= 0.3 is 0 Å². The Balaban J connectivity index is 0.00000261. The minimum atomic E-state index is 0. The highest BCUT2D eigenvalue weighted by Crippen LogP contribution is 2.16. The molecule has 148 valence electrons. The summed E-state index contributed by atoms with van der Waals surface area (Å²) in [5.74, 6) is 0.865. The molecule has 5 nitrogen and oxygen atoms in total. The van der Waals surface area contributed by atoms with Crippen molar-refractivity contribution in [2.75, 3.05) is 20.1 Å². The smallest absolute Gasteiger partial charge is 0.191 e. The van der Waals surface area contributed by atoms with Gasteiger partial charge in [0, 0.05) is 48.3 Å². The third-order valence-electron chi connectivity index (χ3n) is 4.55. The number of hydrogen-bond acceptors (Lipinski definition) is 4. The van der Waals surface area contributed by atoms with Gasteiger partial charge in [0.15, 0.2) is 5.96 Å². The zero-order valence-electron chi connectivity index (χ0n) is 15.7. The Kier molecular flexibility index (Phi) is 9.47. The van der Waals surface area contributed by atoms with Gasteiger partial charge in [-0.05, 0) is 37.5 Å². The number of aliphatic imine (C=N–C) groups is 1. The van der Waals surface area contributed by atoms with Crippen molar-refractivity contribution < 1.29 is 0 Å². The van der Waals surface area contributed by atoms with Gasteiger partial charge in [0.1, 0.15) is 5.01 Å². The second kappa shape index (κ2) is 11.3. The van der Waals surface area contributed by atoms with E-state index in [4.69, 9.17) is 0 Å². The quantitative estimate of drug-likeness (QED) is 0.326. The molecule has 8 heteroatoms. The number of halogens is 2. The largest absolute Gasteiger partial charge is 0.354 e. The molecule has 1 aliphatic rings. The van der Waals surface area contributed by atoms with Crippen molar-refractivity contribution in [2.24, 2.45) is 4.99 Å². The number of guanidine groups is 1. The van der Waals surface area contributed by atoms with Gasteiger partial charge < -0.3 is 10.6 Å². The van der Waals surface area contributed by atoms with Crippen LogP contribution in [0.4, 0.5) is 0 Å². The fourth-order valence-electron chi connectivity index (χ4n) is 3.11. The van der Waals surface area contributed by atoms with Crippen molar-refractivity contribution in [1.29, 1.82) is 0 Å². The molecule has 27 heavy (non-hydrogen) atoms. The Morgan fingerprint density at radius 1 is 1.30 bits per heavy atom. The summed E-state index contributed by atoms with van der Waals surface area (Å²) in [6.07, 6.45) is 4.18. The van der Waals surface area contributed by atoms with Crippen LogP contribution in [0.1, 0.15) is 28.3 Å². The molecule has 1 aromatic heterocycles. The Morgan fingerprint density at radius 3 is 2.59 bits per heavy atom. The van der Waals surface area contributed by atoms with E-state index in [0.717, 1.165) is 54.5 Å². The van der Waals surface area contributed by atoms with Gasteiger partial charge in [0.2, 0.25) is 0 Å². The molecule has 2 aromatic rings. The number of hydrogen-bond donors (Lipinski definition) is 2. The van der Waals surface area contributed by atoms with E-state index in [2.05, 4.69) is 72.6 Å². The highest BCUT2D eigenvalue weighted by Gasteiger charge is 2.20. The van der Waals surface area contributed by atoms with Gasteiger partial charge in [0.05, 0.1) is 6.54 Å². The lowest BCUT2D eigenvalue weighted by Gasteiger charge is -2.33. The Hall–Kier alpha value is -0.710. The molecule has 0 atom stereocenters. The normalized spacial score (nSPS) is 16.0. The lowest BCUT2D eigenvalue weighted by molar-refractivity contribution is 0.198. The van der Waals surface area contributed by atoms with Crippen molar-refractivity contribution in [1.82, 2.24) is 20.5 Å². The first kappa shape index (κ1) is 22.6. The van der Waals surface area contributed by atoms with Crippen LogP contribution in [0, 0.1) is 6.92 Å². The minimum absolute atomic E-state index is 0. The summed E-state index contributed by atoms with van der Waals surface area (Å²) in [5, 5.41) is 8.02. The van der Waals surface area contributed by atoms with Crippen LogP contribution in [0.5, 0.6) is 0 Å². The SMILES string of the molecule is CN=C(NCc1ncc(C)s1)NC1CCN(Cc2ccc(Br)cc2)CC1.I. The number of aryl methyl sites for hydroxylation is 1. The van der Waals surface area contributed by atoms with Crippen LogP contribution in [-0.4, -0.2) is 42.0 Å². The molecule has 0 spiro atoms. The first-order chi connectivity index (χ1) is 12.6. The summed E-state index contributed by atoms with van der Waals surface area (Å²) in [5.41, 5.74) is 1.37. The van der Waals surface area contributed by atoms with Gasteiger partial charge in [-0.15, -0.1) is 35.3 Å². The summed E-state index contributed by atoms with van der Waals surface area (Å²) < 4.78 is 1.14. The van der Waals surface area contributed by atoms with E-state index in [0.29, 0.717) is 6.04 Å². The maximum absolute atomic E-state index is 4.39. The Morgan fingerprint density at radius 2 is 2.00 bits per heavy atom. The van der Waals surface area contributed by atoms with Crippen molar-refractivity contribution in [3.63, 3.8) is 0 Å². The van der Waals surface area contributed by atoms with Gasteiger partial charge in [0.25, 0.3) is 0 Å². The van der Waals surface area contributed by atoms with Crippen LogP contribution in [0.3, 0.4) is 0 Å². The van der Waals surface area contributed by atoms with E-state index < -0.39 is 0 Å². The zero-order valence-corrected chi connectivity index (χ0v) is 20.5. The summed E-state index contributed by atoms with van der Waals surface area (Å²) in [6.45, 7) is 6.04. The van der Waals surface area contributed by atoms with E-state index in [1.165, 1.54) is 10.4 Å². The maximum Gasteiger partial charge on any atom is 0.191 e. The molecule has 1 aliphatic heterocycles. The number of benzene rings is 1. The molecule has 2 heterocycles. The number of thiazole rings is 1. The van der Waals surface area contributed by atoms with Crippen molar-refractivity contribution in [3.8, 4) is 0 Å². The minimum Gasteiger partial charge on any atom is -0.354 e. The van der Waals surface area contributed by atoms with Gasteiger partial charge in [-0.2, -0.15) is 0 Å². The van der Waals surface area contributed by atoms with Crippen LogP contribution in [0.15, 0.2) is 39.9 Å². The van der Waals surface area contributed by atoms with E-state index in [1.807, 2.05) is 13.2 Å². The van der Waals surface area contributed by atoms with Gasteiger partial charge in [-0.25, -0.2) is 4.98 Å². The number of nitrogens with zero attached hydrogens (tertiary/aromatic N) is 3. The number of piperidine rings is 1. The van der Waals surface area contributed by atoms with Crippen LogP contribution in [0.2, 0.25) is 0 Å². The van der Waals surface area contributed by atoms with Crippen LogP contribution in [0.25, 0.3) is 0 Å². The predicted octanol–water partition coefficient (Wildman–Crippen LogP) is 4.16. The topological polar surface area (TPSA) is 52.6 Å². The summed E-state index contributed by atoms with van der Waals surface area (Å²) in [7, 11) is 1.82. The lowest BCUT2D eigenvalue weighted by atomic mass is 10.0. The third kappa shape index (κ3) is 7.32. The highest BCUT2D eigenvalue weighted by atomic mass is 127. The maximum atomic E-state index is 4.39. The van der Waals surface area contributed by atoms with Crippen LogP contribution in [-0.2, 0) is 13.1 Å². The number of nitrogens with one attached hydrogen (secondary N) is 2. The van der Waals surface area contributed by atoms with Crippen molar-refractivity contribution >= 4 is 57.2 Å². The summed E-state index contributed by atoms with van der Waals surface area (Å²) in [6, 6.07) is 9.09.